The van der Waals surface area contributed by atoms with Crippen LogP contribution in [0.4, 0.5) is 0 Å². The van der Waals surface area contributed by atoms with Gasteiger partial charge in [0, 0.05) is 16.2 Å². The van der Waals surface area contributed by atoms with Gasteiger partial charge in [0.05, 0.1) is 35.6 Å². The zero-order valence-electron chi connectivity index (χ0n) is 68.3. The van der Waals surface area contributed by atoms with Gasteiger partial charge in [-0.15, -0.1) is 0 Å². The maximum absolute atomic E-state index is 9.43. The van der Waals surface area contributed by atoms with E-state index in [0.29, 0.717) is 0 Å². The van der Waals surface area contributed by atoms with Gasteiger partial charge in [0.1, 0.15) is 11.2 Å². The van der Waals surface area contributed by atoms with Crippen LogP contribution < -0.4 is 0 Å². The quantitative estimate of drug-likeness (QED) is 0.157. The molecule has 0 saturated carbocycles. The molecular weight excluding hydrogens is 977 g/mol. The molecule has 17 rings (SSSR count). The highest BCUT2D eigenvalue weighted by molar-refractivity contribution is 6.28. The Labute approximate surface area is 505 Å². The fourth-order valence-electron chi connectivity index (χ4n) is 11.4. The molecule has 0 saturated heterocycles. The van der Waals surface area contributed by atoms with Crippen LogP contribution in [0.1, 0.15) is 35.6 Å². The summed E-state index contributed by atoms with van der Waals surface area (Å²) >= 11 is 0. The lowest BCUT2D eigenvalue weighted by atomic mass is 9.84. The molecule has 0 aliphatic rings. The fourth-order valence-corrected chi connectivity index (χ4v) is 11.4. The molecular formula is C80H50O. The molecule has 17 aromatic rings. The minimum absolute atomic E-state index is 0.526. The Morgan fingerprint density at radius 1 is 0.247 bits per heavy atom. The van der Waals surface area contributed by atoms with Crippen molar-refractivity contribution in [1.82, 2.24) is 0 Å². The van der Waals surface area contributed by atoms with E-state index in [4.69, 9.17) is 27.7 Å². The largest absolute Gasteiger partial charge is 0.455 e. The van der Waals surface area contributed by atoms with Crippen molar-refractivity contribution in [3.8, 4) is 55.6 Å². The summed E-state index contributed by atoms with van der Waals surface area (Å²) in [5, 5.41) is 6.97. The van der Waals surface area contributed by atoms with Crippen molar-refractivity contribution in [3.63, 3.8) is 0 Å². The van der Waals surface area contributed by atoms with Crippen LogP contribution in [0, 0.1) is 0 Å². The highest BCUT2D eigenvalue weighted by atomic mass is 16.3. The van der Waals surface area contributed by atoms with Crippen LogP contribution in [-0.4, -0.2) is 0 Å². The van der Waals surface area contributed by atoms with E-state index in [2.05, 4.69) is 146 Å². The maximum atomic E-state index is 9.43. The van der Waals surface area contributed by atoms with Gasteiger partial charge in [-0.3, -0.25) is 0 Å². The van der Waals surface area contributed by atoms with Crippen LogP contribution in [0.25, 0.3) is 164 Å². The summed E-state index contributed by atoms with van der Waals surface area (Å²) in [5.74, 6) is 0. The summed E-state index contributed by atoms with van der Waals surface area (Å²) in [6, 6.07) is 28.6. The van der Waals surface area contributed by atoms with Gasteiger partial charge in [0.15, 0.2) is 0 Å². The summed E-state index contributed by atoms with van der Waals surface area (Å²) in [5.41, 5.74) is 2.32. The van der Waals surface area contributed by atoms with Gasteiger partial charge >= 0.3 is 0 Å². The summed E-state index contributed by atoms with van der Waals surface area (Å²) in [7, 11) is 0. The molecule has 1 heteroatoms. The Balaban J connectivity index is 0.000000181. The van der Waals surface area contributed by atoms with Gasteiger partial charge in [-0.2, -0.15) is 0 Å². The molecule has 376 valence electrons. The zero-order valence-corrected chi connectivity index (χ0v) is 42.3. The lowest BCUT2D eigenvalue weighted by molar-refractivity contribution is 0.673. The summed E-state index contributed by atoms with van der Waals surface area (Å²) in [4.78, 5) is 0. The molecule has 0 unspecified atom stereocenters. The average molecular weight is 1050 g/mol. The van der Waals surface area contributed by atoms with Crippen molar-refractivity contribution >= 4 is 108 Å². The van der Waals surface area contributed by atoms with Crippen LogP contribution in [0.5, 0.6) is 0 Å². The van der Waals surface area contributed by atoms with Crippen molar-refractivity contribution in [2.24, 2.45) is 0 Å². The molecule has 16 aromatic carbocycles. The van der Waals surface area contributed by atoms with Gasteiger partial charge in [-0.25, -0.2) is 0 Å². The van der Waals surface area contributed by atoms with Crippen molar-refractivity contribution in [2.75, 3.05) is 0 Å². The molecule has 1 heterocycles. The maximum Gasteiger partial charge on any atom is 0.143 e. The van der Waals surface area contributed by atoms with Gasteiger partial charge in [0.2, 0.25) is 0 Å². The van der Waals surface area contributed by atoms with Crippen LogP contribution >= 0.6 is 0 Å². The number of fused-ring (bicyclic) bond motifs is 12. The molecule has 0 bridgehead atoms. The fraction of sp³-hybridized carbons (Fsp3) is 0. The molecule has 0 aliphatic carbocycles. The molecule has 0 atom stereocenters. The average Bonchev–Trinajstić information content (AvgIpc) is 1.11. The Bertz CT molecular complexity index is 6790. The smallest absolute Gasteiger partial charge is 0.143 e. The lowest BCUT2D eigenvalue weighted by Gasteiger charge is -2.19. The Kier molecular flexibility index (Phi) is 6.44. The highest BCUT2D eigenvalue weighted by Crippen LogP contribution is 2.49. The SMILES string of the molecule is [2H]c1c([2H])c(-c2c3c([2H])c([2H])c([2H])c([2H])c3c(-c3c([2H])c([2H])c([2H])c4c([2H])c([2H])c([2H])c([2H])c34)c3c([2H])c([2H])c([2H])c([2H])c23)c([2H])c([2H])c1-c1c([2H])c([2H])c2c([2H])c([2H])c([2H])c([2H])c2c1[2H].c1ccc2cc(-c3c4ccccc4c(-c4cccc5oc6c7ccccc7ccc6c45)c4ccccc34)ccc2c1. The third-order valence-electron chi connectivity index (χ3n) is 14.9. The normalized spacial score (nSPS) is 16.2. The lowest BCUT2D eigenvalue weighted by Crippen LogP contribution is -1.91. The van der Waals surface area contributed by atoms with E-state index in [1.54, 1.807) is 0 Å². The molecule has 1 aromatic heterocycles. The van der Waals surface area contributed by atoms with E-state index < -0.39 is 234 Å². The molecule has 0 aliphatic heterocycles. The van der Waals surface area contributed by atoms with E-state index in [-0.39, 0.29) is 0 Å². The van der Waals surface area contributed by atoms with Gasteiger partial charge in [-0.1, -0.05) is 278 Å². The molecule has 0 N–H and O–H groups in total. The topological polar surface area (TPSA) is 13.1 Å². The second kappa shape index (κ2) is 19.1. The summed E-state index contributed by atoms with van der Waals surface area (Å²) in [6.07, 6.45) is 0. The molecule has 0 radical (unpaired) electrons. The van der Waals surface area contributed by atoms with Gasteiger partial charge in [0.25, 0.3) is 0 Å². The molecule has 1 nitrogen and oxygen atoms in total. The van der Waals surface area contributed by atoms with Gasteiger partial charge < -0.3 is 4.42 Å². The predicted octanol–water partition coefficient (Wildman–Crippen LogP) is 22.8. The highest BCUT2D eigenvalue weighted by Gasteiger charge is 2.22. The second-order valence-electron chi connectivity index (χ2n) is 19.3. The Morgan fingerprint density at radius 3 is 1.46 bits per heavy atom. The van der Waals surface area contributed by atoms with Crippen molar-refractivity contribution in [2.45, 2.75) is 0 Å². The first-order chi connectivity index (χ1) is 51.0. The predicted molar refractivity (Wildman–Crippen MR) is 347 cm³/mol. The third kappa shape index (κ3) is 7.70. The van der Waals surface area contributed by atoms with Crippen LogP contribution in [0.15, 0.2) is 307 Å². The first-order valence-electron chi connectivity index (χ1n) is 38.9. The number of hydrogen-bond donors (Lipinski definition) is 0. The minimum Gasteiger partial charge on any atom is -0.455 e. The standard InChI is InChI=1S/C40H24O.C40H26/c1-2-12-27-24-28(21-20-25(27)10-1)37-30-14-5-7-16-32(30)38(33-17-8-6-15-31(33)37)34-18-9-19-36-39(34)35-23-22-26-11-3-4-13-29(26)40(35)41-36;1-2-12-31-26-32(25-22-27(31)10-1)28-20-23-30(24-21-28)39-35-15-5-7-17-37(35)40(38-18-8-6-16-36(38)39)34-19-9-13-29-11-3-4-14-33(29)34/h1-24H;1-26H/i;1D,2D,3D,4D,5D,6D,7D,8D,9D,10D,11D,12D,13D,14D,15D,16D,17D,18D,19D,20D,21D,22D,23D,24D,25D,26D. The summed E-state index contributed by atoms with van der Waals surface area (Å²) < 4.78 is 237. The minimum atomic E-state index is -1.07. The molecule has 81 heavy (non-hydrogen) atoms. The van der Waals surface area contributed by atoms with Crippen molar-refractivity contribution in [1.29, 1.82) is 0 Å². The summed E-state index contributed by atoms with van der Waals surface area (Å²) in [6.45, 7) is 0. The van der Waals surface area contributed by atoms with Crippen LogP contribution in [0.3, 0.4) is 0 Å². The van der Waals surface area contributed by atoms with Gasteiger partial charge in [-0.05, 0) is 161 Å². The second-order valence-corrected chi connectivity index (χ2v) is 19.3. The first kappa shape index (κ1) is 27.3. The molecule has 0 amide bonds. The van der Waals surface area contributed by atoms with Crippen LogP contribution in [-0.2, 0) is 0 Å². The number of benzene rings is 16. The molecule has 0 spiro atoms. The third-order valence-corrected chi connectivity index (χ3v) is 14.9. The van der Waals surface area contributed by atoms with E-state index >= 15 is 0 Å². The van der Waals surface area contributed by atoms with Crippen molar-refractivity contribution < 1.29 is 40.1 Å². The van der Waals surface area contributed by atoms with Crippen LogP contribution in [0.2, 0.25) is 0 Å². The first-order valence-corrected chi connectivity index (χ1v) is 25.9. The van der Waals surface area contributed by atoms with E-state index in [9.17, 15) is 12.3 Å². The number of rotatable bonds is 5. The monoisotopic (exact) mass is 1050 g/mol. The Morgan fingerprint density at radius 2 is 0.753 bits per heavy atom. The van der Waals surface area contributed by atoms with E-state index in [0.717, 1.165) is 21.9 Å². The number of hydrogen-bond acceptors (Lipinski definition) is 1. The molecule has 0 fully saturated rings. The van der Waals surface area contributed by atoms with E-state index in [1.807, 2.05) is 0 Å². The van der Waals surface area contributed by atoms with Crippen molar-refractivity contribution in [3.05, 3.63) is 303 Å². The zero-order chi connectivity index (χ0) is 76.0. The van der Waals surface area contributed by atoms with E-state index in [1.165, 1.54) is 65.3 Å². The Hall–Kier alpha value is -10.6. The number of furan rings is 1.